The van der Waals surface area contributed by atoms with Gasteiger partial charge in [-0.1, -0.05) is 140 Å². The Kier molecular flexibility index (Phi) is 17.2. The molecule has 0 aromatic carbocycles. The molecule has 0 saturated carbocycles. The average Bonchev–Trinajstić information content (AvgIpc) is 2.69. The van der Waals surface area contributed by atoms with E-state index in [-0.39, 0.29) is 0 Å². The molecule has 0 saturated heterocycles. The largest absolute Gasteiger partial charge is 0.0654 e. The summed E-state index contributed by atoms with van der Waals surface area (Å²) in [4.78, 5) is 0. The lowest BCUT2D eigenvalue weighted by atomic mass is 9.94. The van der Waals surface area contributed by atoms with E-state index in [1.54, 1.807) is 11.1 Å². The van der Waals surface area contributed by atoms with Gasteiger partial charge >= 0.3 is 0 Å². The molecule has 1 aliphatic carbocycles. The molecule has 160 valence electrons. The van der Waals surface area contributed by atoms with Gasteiger partial charge in [-0.3, -0.25) is 0 Å². The highest BCUT2D eigenvalue weighted by molar-refractivity contribution is 5.38. The van der Waals surface area contributed by atoms with E-state index in [4.69, 9.17) is 0 Å². The van der Waals surface area contributed by atoms with Crippen molar-refractivity contribution in [3.8, 4) is 0 Å². The van der Waals surface area contributed by atoms with Crippen molar-refractivity contribution >= 4 is 0 Å². The van der Waals surface area contributed by atoms with Gasteiger partial charge in [0.1, 0.15) is 0 Å². The highest BCUT2D eigenvalue weighted by atomic mass is 14.1. The van der Waals surface area contributed by atoms with Crippen molar-refractivity contribution in [1.82, 2.24) is 0 Å². The van der Waals surface area contributed by atoms with Gasteiger partial charge < -0.3 is 0 Å². The molecule has 0 amide bonds. The predicted molar refractivity (Wildman–Crippen MR) is 129 cm³/mol. The number of hydrogen-bond acceptors (Lipinski definition) is 0. The summed E-state index contributed by atoms with van der Waals surface area (Å²) in [7, 11) is 0. The number of unbranched alkanes of at least 4 members (excludes halogenated alkanes) is 14. The van der Waals surface area contributed by atoms with E-state index in [1.807, 2.05) is 0 Å². The average molecular weight is 385 g/mol. The third-order valence-corrected chi connectivity index (χ3v) is 5.94. The van der Waals surface area contributed by atoms with Crippen molar-refractivity contribution in [2.45, 2.75) is 129 Å². The van der Waals surface area contributed by atoms with Crippen LogP contribution in [0.5, 0.6) is 0 Å². The predicted octanol–water partition coefficient (Wildman–Crippen LogP) is 10.0. The summed E-state index contributed by atoms with van der Waals surface area (Å²) in [6.07, 6.45) is 38.6. The van der Waals surface area contributed by atoms with Gasteiger partial charge in [-0.05, 0) is 36.8 Å². The molecule has 0 aromatic rings. The van der Waals surface area contributed by atoms with Crippen molar-refractivity contribution in [3.05, 3.63) is 47.6 Å². The number of rotatable bonds is 18. The lowest BCUT2D eigenvalue weighted by Crippen LogP contribution is -1.92. The molecule has 0 aliphatic heterocycles. The zero-order valence-electron chi connectivity index (χ0n) is 19.2. The molecule has 0 radical (unpaired) electrons. The molecular weight excluding hydrogens is 336 g/mol. The van der Waals surface area contributed by atoms with Gasteiger partial charge in [-0.2, -0.15) is 0 Å². The van der Waals surface area contributed by atoms with Crippen LogP contribution in [-0.4, -0.2) is 0 Å². The molecule has 28 heavy (non-hydrogen) atoms. The van der Waals surface area contributed by atoms with Crippen molar-refractivity contribution in [2.75, 3.05) is 0 Å². The fourth-order valence-electron chi connectivity index (χ4n) is 4.07. The summed E-state index contributed by atoms with van der Waals surface area (Å²) in [5.74, 6) is 0. The topological polar surface area (TPSA) is 0 Å². The van der Waals surface area contributed by atoms with Crippen LogP contribution in [0.1, 0.15) is 129 Å². The van der Waals surface area contributed by atoms with E-state index in [9.17, 15) is 0 Å². The highest BCUT2D eigenvalue weighted by Crippen LogP contribution is 2.23. The van der Waals surface area contributed by atoms with E-state index < -0.39 is 0 Å². The van der Waals surface area contributed by atoms with Crippen LogP contribution in [0.4, 0.5) is 0 Å². The molecule has 0 fully saturated rings. The van der Waals surface area contributed by atoms with Gasteiger partial charge in [0.2, 0.25) is 0 Å². The van der Waals surface area contributed by atoms with Crippen molar-refractivity contribution in [1.29, 1.82) is 0 Å². The van der Waals surface area contributed by atoms with Crippen LogP contribution in [0.3, 0.4) is 0 Å². The fraction of sp³-hybridized carbons (Fsp3) is 0.714. The summed E-state index contributed by atoms with van der Waals surface area (Å²) in [5.41, 5.74) is 3.18. The molecule has 0 nitrogen and oxygen atoms in total. The molecule has 0 unspecified atom stereocenters. The minimum atomic E-state index is 1.26. The van der Waals surface area contributed by atoms with Gasteiger partial charge in [-0.25, -0.2) is 0 Å². The molecule has 0 atom stereocenters. The Bertz CT molecular complexity index is 418. The monoisotopic (exact) mass is 384 g/mol. The summed E-state index contributed by atoms with van der Waals surface area (Å²) in [6.45, 7) is 4.59. The van der Waals surface area contributed by atoms with Crippen LogP contribution < -0.4 is 0 Å². The van der Waals surface area contributed by atoms with Gasteiger partial charge in [-0.15, -0.1) is 0 Å². The Morgan fingerprint density at radius 1 is 0.393 bits per heavy atom. The first kappa shape index (κ1) is 25.0. The first-order valence-corrected chi connectivity index (χ1v) is 12.6. The molecule has 0 spiro atoms. The molecule has 0 heterocycles. The van der Waals surface area contributed by atoms with Crippen molar-refractivity contribution < 1.29 is 0 Å². The molecule has 0 heteroatoms. The van der Waals surface area contributed by atoms with Crippen LogP contribution in [0.2, 0.25) is 0 Å². The van der Waals surface area contributed by atoms with E-state index in [1.165, 1.54) is 116 Å². The summed E-state index contributed by atoms with van der Waals surface area (Å²) < 4.78 is 0. The third-order valence-electron chi connectivity index (χ3n) is 5.94. The van der Waals surface area contributed by atoms with E-state index >= 15 is 0 Å². The van der Waals surface area contributed by atoms with Gasteiger partial charge in [0.15, 0.2) is 0 Å². The first-order chi connectivity index (χ1) is 13.9. The second-order valence-corrected chi connectivity index (χ2v) is 8.60. The van der Waals surface area contributed by atoms with Gasteiger partial charge in [0.25, 0.3) is 0 Å². The second-order valence-electron chi connectivity index (χ2n) is 8.60. The zero-order chi connectivity index (χ0) is 20.1. The maximum absolute atomic E-state index is 2.38. The SMILES string of the molecule is CCCCCCCCCCC1=C(CCCCCCCCCC)C=CC=CC=C1. The lowest BCUT2D eigenvalue weighted by Gasteiger charge is -2.11. The first-order valence-electron chi connectivity index (χ1n) is 12.6. The maximum Gasteiger partial charge on any atom is -0.0276 e. The standard InChI is InChI=1S/C28H48/c1-3-5-7-9-11-13-15-19-23-27-25-21-17-18-22-26-28(27)24-20-16-14-12-10-8-6-4-2/h17-18,21-22,25-26H,3-16,19-20,23-24H2,1-2H3. The summed E-state index contributed by atoms with van der Waals surface area (Å²) in [5, 5.41) is 0. The van der Waals surface area contributed by atoms with Crippen LogP contribution in [0, 0.1) is 0 Å². The molecular formula is C28H48. The number of allylic oxidation sites excluding steroid dienone is 8. The van der Waals surface area contributed by atoms with Crippen LogP contribution in [0.15, 0.2) is 47.6 Å². The van der Waals surface area contributed by atoms with E-state index in [0.29, 0.717) is 0 Å². The van der Waals surface area contributed by atoms with E-state index in [0.717, 1.165) is 0 Å². The molecule has 1 aliphatic rings. The molecule has 0 bridgehead atoms. The Labute approximate surface area is 177 Å². The molecule has 0 N–H and O–H groups in total. The van der Waals surface area contributed by atoms with Crippen LogP contribution in [-0.2, 0) is 0 Å². The smallest absolute Gasteiger partial charge is 0.0276 e. The van der Waals surface area contributed by atoms with E-state index in [2.05, 4.69) is 50.3 Å². The fourth-order valence-corrected chi connectivity index (χ4v) is 4.07. The minimum Gasteiger partial charge on any atom is -0.0654 e. The summed E-state index contributed by atoms with van der Waals surface area (Å²) in [6, 6.07) is 0. The van der Waals surface area contributed by atoms with Crippen LogP contribution in [0.25, 0.3) is 0 Å². The summed E-state index contributed by atoms with van der Waals surface area (Å²) >= 11 is 0. The van der Waals surface area contributed by atoms with Gasteiger partial charge in [0.05, 0.1) is 0 Å². The van der Waals surface area contributed by atoms with Crippen LogP contribution >= 0.6 is 0 Å². The molecule has 0 aromatic heterocycles. The van der Waals surface area contributed by atoms with Gasteiger partial charge in [0, 0.05) is 0 Å². The zero-order valence-corrected chi connectivity index (χ0v) is 19.2. The minimum absolute atomic E-state index is 1.26. The quantitative estimate of drug-likeness (QED) is 0.206. The van der Waals surface area contributed by atoms with Crippen molar-refractivity contribution in [3.63, 3.8) is 0 Å². The number of hydrogen-bond donors (Lipinski definition) is 0. The van der Waals surface area contributed by atoms with Crippen molar-refractivity contribution in [2.24, 2.45) is 0 Å². The Hall–Kier alpha value is -1.04. The maximum atomic E-state index is 2.38. The normalized spacial score (nSPS) is 13.9. The Morgan fingerprint density at radius 2 is 0.714 bits per heavy atom. The second kappa shape index (κ2) is 19.3. The Balaban J connectivity index is 2.27. The highest BCUT2D eigenvalue weighted by Gasteiger charge is 2.04. The lowest BCUT2D eigenvalue weighted by molar-refractivity contribution is 0.571. The molecule has 1 rings (SSSR count). The Morgan fingerprint density at radius 3 is 1.07 bits per heavy atom. The third kappa shape index (κ3) is 14.0.